The largest absolute Gasteiger partial charge is 0.478 e. The van der Waals surface area contributed by atoms with Crippen molar-refractivity contribution in [2.24, 2.45) is 0 Å². The van der Waals surface area contributed by atoms with Gasteiger partial charge < -0.3 is 15.3 Å². The number of amides is 1. The zero-order valence-corrected chi connectivity index (χ0v) is 9.85. The molecule has 3 rings (SSSR count). The second kappa shape index (κ2) is 4.01. The lowest BCUT2D eigenvalue weighted by atomic mass is 10.1. The van der Waals surface area contributed by atoms with Crippen LogP contribution in [0.2, 0.25) is 0 Å². The summed E-state index contributed by atoms with van der Waals surface area (Å²) < 4.78 is 0. The van der Waals surface area contributed by atoms with Gasteiger partial charge in [-0.15, -0.1) is 0 Å². The number of rotatable bonds is 2. The molecule has 1 heterocycles. The SMILES string of the molecule is O=C1CCN(C2CC2)c2cccc(C(=O)O)c2N1. The molecule has 2 aliphatic rings. The average Bonchev–Trinajstić information content (AvgIpc) is 3.13. The smallest absolute Gasteiger partial charge is 0.337 e. The number of para-hydroxylation sites is 1. The molecule has 18 heavy (non-hydrogen) atoms. The van der Waals surface area contributed by atoms with Crippen molar-refractivity contribution in [2.75, 3.05) is 16.8 Å². The zero-order valence-electron chi connectivity index (χ0n) is 9.85. The molecule has 5 heteroatoms. The van der Waals surface area contributed by atoms with Crippen molar-refractivity contribution in [3.05, 3.63) is 23.8 Å². The minimum absolute atomic E-state index is 0.117. The molecule has 1 aliphatic carbocycles. The summed E-state index contributed by atoms with van der Waals surface area (Å²) in [7, 11) is 0. The predicted octanol–water partition coefficient (Wildman–Crippen LogP) is 1.70. The Morgan fingerprint density at radius 2 is 2.17 bits per heavy atom. The van der Waals surface area contributed by atoms with E-state index in [1.54, 1.807) is 6.07 Å². The number of nitrogens with zero attached hydrogens (tertiary/aromatic N) is 1. The number of carboxylic acids is 1. The normalized spacial score (nSPS) is 18.9. The Kier molecular flexibility index (Phi) is 2.47. The maximum atomic E-state index is 11.7. The van der Waals surface area contributed by atoms with Crippen molar-refractivity contribution in [1.29, 1.82) is 0 Å². The quantitative estimate of drug-likeness (QED) is 0.833. The molecular formula is C13H14N2O3. The number of nitrogens with one attached hydrogen (secondary N) is 1. The van der Waals surface area contributed by atoms with Crippen LogP contribution < -0.4 is 10.2 Å². The molecule has 1 aliphatic heterocycles. The maximum absolute atomic E-state index is 11.7. The van der Waals surface area contributed by atoms with E-state index in [0.29, 0.717) is 24.7 Å². The number of aromatic carboxylic acids is 1. The van der Waals surface area contributed by atoms with Crippen LogP contribution in [-0.2, 0) is 4.79 Å². The fourth-order valence-corrected chi connectivity index (χ4v) is 2.40. The van der Waals surface area contributed by atoms with E-state index in [9.17, 15) is 14.7 Å². The number of hydrogen-bond donors (Lipinski definition) is 2. The van der Waals surface area contributed by atoms with Crippen molar-refractivity contribution in [3.63, 3.8) is 0 Å². The Morgan fingerprint density at radius 3 is 2.83 bits per heavy atom. The summed E-state index contributed by atoms with van der Waals surface area (Å²) in [4.78, 5) is 25.0. The highest BCUT2D eigenvalue weighted by Gasteiger charge is 2.33. The zero-order chi connectivity index (χ0) is 12.7. The number of fused-ring (bicyclic) bond motifs is 1. The van der Waals surface area contributed by atoms with Crippen LogP contribution in [0, 0.1) is 0 Å². The molecular weight excluding hydrogens is 232 g/mol. The summed E-state index contributed by atoms with van der Waals surface area (Å²) in [6, 6.07) is 5.60. The Bertz CT molecular complexity index is 523. The van der Waals surface area contributed by atoms with Gasteiger partial charge in [-0.3, -0.25) is 4.79 Å². The molecule has 0 bridgehead atoms. The summed E-state index contributed by atoms with van der Waals surface area (Å²) >= 11 is 0. The van der Waals surface area contributed by atoms with Gasteiger partial charge in [-0.25, -0.2) is 4.79 Å². The Balaban J connectivity index is 2.11. The third-order valence-corrected chi connectivity index (χ3v) is 3.41. The van der Waals surface area contributed by atoms with Gasteiger partial charge in [0.1, 0.15) is 0 Å². The van der Waals surface area contributed by atoms with Crippen molar-refractivity contribution in [1.82, 2.24) is 0 Å². The fraction of sp³-hybridized carbons (Fsp3) is 0.385. The van der Waals surface area contributed by atoms with E-state index in [1.165, 1.54) is 6.07 Å². The van der Waals surface area contributed by atoms with E-state index in [1.807, 2.05) is 6.07 Å². The van der Waals surface area contributed by atoms with E-state index in [-0.39, 0.29) is 11.5 Å². The molecule has 0 unspecified atom stereocenters. The lowest BCUT2D eigenvalue weighted by Gasteiger charge is -2.24. The minimum atomic E-state index is -1.01. The third kappa shape index (κ3) is 1.81. The summed E-state index contributed by atoms with van der Waals surface area (Å²) in [5.41, 5.74) is 1.44. The van der Waals surface area contributed by atoms with Crippen molar-refractivity contribution in [3.8, 4) is 0 Å². The molecule has 1 aromatic carbocycles. The Morgan fingerprint density at radius 1 is 1.39 bits per heavy atom. The van der Waals surface area contributed by atoms with Gasteiger partial charge in [-0.05, 0) is 25.0 Å². The lowest BCUT2D eigenvalue weighted by Crippen LogP contribution is -2.26. The summed E-state index contributed by atoms with van der Waals surface area (Å²) in [5, 5.41) is 11.9. The highest BCUT2D eigenvalue weighted by Crippen LogP contribution is 2.39. The first-order chi connectivity index (χ1) is 8.66. The molecule has 0 radical (unpaired) electrons. The molecule has 2 N–H and O–H groups in total. The first-order valence-corrected chi connectivity index (χ1v) is 6.09. The molecule has 0 saturated heterocycles. The minimum Gasteiger partial charge on any atom is -0.478 e. The van der Waals surface area contributed by atoms with E-state index in [2.05, 4.69) is 10.2 Å². The molecule has 5 nitrogen and oxygen atoms in total. The fourth-order valence-electron chi connectivity index (χ4n) is 2.40. The molecule has 0 aromatic heterocycles. The average molecular weight is 246 g/mol. The standard InChI is InChI=1S/C13H14N2O3/c16-11-6-7-15(8-4-5-8)10-3-1-2-9(13(17)18)12(10)14-11/h1-3,8H,4-7H2,(H,14,16)(H,17,18). The van der Waals surface area contributed by atoms with Crippen LogP contribution in [0.4, 0.5) is 11.4 Å². The van der Waals surface area contributed by atoms with Crippen LogP contribution >= 0.6 is 0 Å². The van der Waals surface area contributed by atoms with Crippen molar-refractivity contribution >= 4 is 23.3 Å². The van der Waals surface area contributed by atoms with E-state index < -0.39 is 5.97 Å². The molecule has 1 saturated carbocycles. The maximum Gasteiger partial charge on any atom is 0.337 e. The number of anilines is 2. The van der Waals surface area contributed by atoms with Gasteiger partial charge in [0.05, 0.1) is 16.9 Å². The second-order valence-electron chi connectivity index (χ2n) is 4.73. The number of carbonyl (C=O) groups excluding carboxylic acids is 1. The number of carboxylic acid groups (broad SMARTS) is 1. The molecule has 1 amide bonds. The Hall–Kier alpha value is -2.04. The summed E-state index contributed by atoms with van der Waals surface area (Å²) in [6.07, 6.45) is 2.64. The van der Waals surface area contributed by atoms with E-state index >= 15 is 0 Å². The Labute approximate surface area is 104 Å². The van der Waals surface area contributed by atoms with Gasteiger partial charge in [0.25, 0.3) is 0 Å². The monoisotopic (exact) mass is 246 g/mol. The van der Waals surface area contributed by atoms with Gasteiger partial charge in [-0.2, -0.15) is 0 Å². The first-order valence-electron chi connectivity index (χ1n) is 6.09. The molecule has 94 valence electrons. The number of benzene rings is 1. The van der Waals surface area contributed by atoms with Crippen LogP contribution in [0.15, 0.2) is 18.2 Å². The highest BCUT2D eigenvalue weighted by atomic mass is 16.4. The second-order valence-corrected chi connectivity index (χ2v) is 4.73. The van der Waals surface area contributed by atoms with Gasteiger partial charge in [-0.1, -0.05) is 6.07 Å². The summed E-state index contributed by atoms with van der Waals surface area (Å²) in [5.74, 6) is -1.13. The van der Waals surface area contributed by atoms with E-state index in [4.69, 9.17) is 0 Å². The molecule has 1 fully saturated rings. The number of carbonyl (C=O) groups is 2. The van der Waals surface area contributed by atoms with Crippen LogP contribution in [0.1, 0.15) is 29.6 Å². The van der Waals surface area contributed by atoms with E-state index in [0.717, 1.165) is 18.5 Å². The molecule has 1 aromatic rings. The van der Waals surface area contributed by atoms with Gasteiger partial charge in [0.15, 0.2) is 0 Å². The highest BCUT2D eigenvalue weighted by molar-refractivity contribution is 6.05. The summed E-state index contributed by atoms with van der Waals surface area (Å²) in [6.45, 7) is 0.659. The lowest BCUT2D eigenvalue weighted by molar-refractivity contribution is -0.115. The molecule has 0 spiro atoms. The van der Waals surface area contributed by atoms with Gasteiger partial charge in [0, 0.05) is 19.0 Å². The van der Waals surface area contributed by atoms with Gasteiger partial charge >= 0.3 is 5.97 Å². The van der Waals surface area contributed by atoms with Crippen LogP contribution in [0.3, 0.4) is 0 Å². The van der Waals surface area contributed by atoms with Gasteiger partial charge in [0.2, 0.25) is 5.91 Å². The first kappa shape index (κ1) is 11.1. The van der Waals surface area contributed by atoms with Crippen LogP contribution in [-0.4, -0.2) is 29.6 Å². The predicted molar refractivity (Wildman–Crippen MR) is 67.0 cm³/mol. The van der Waals surface area contributed by atoms with Crippen molar-refractivity contribution < 1.29 is 14.7 Å². The van der Waals surface area contributed by atoms with Crippen LogP contribution in [0.5, 0.6) is 0 Å². The topological polar surface area (TPSA) is 69.6 Å². The van der Waals surface area contributed by atoms with Crippen molar-refractivity contribution in [2.45, 2.75) is 25.3 Å². The molecule has 0 atom stereocenters. The third-order valence-electron chi connectivity index (χ3n) is 3.41. The van der Waals surface area contributed by atoms with Crippen LogP contribution in [0.25, 0.3) is 0 Å². The number of hydrogen-bond acceptors (Lipinski definition) is 3.